The fraction of sp³-hybridized carbons (Fsp3) is 0.647. The van der Waals surface area contributed by atoms with Gasteiger partial charge in [-0.25, -0.2) is 0 Å². The molecule has 1 aromatic rings. The number of benzene rings is 1. The fourth-order valence-electron chi connectivity index (χ4n) is 3.26. The molecular formula is C17H26O2. The smallest absolute Gasteiger partial charge is 0.0821 e. The van der Waals surface area contributed by atoms with Crippen molar-refractivity contribution in [3.05, 3.63) is 35.4 Å². The summed E-state index contributed by atoms with van der Waals surface area (Å²) in [7, 11) is 0. The number of fused-ring (bicyclic) bond motifs is 1. The quantitative estimate of drug-likeness (QED) is 0.814. The Hall–Kier alpha value is -0.860. The summed E-state index contributed by atoms with van der Waals surface area (Å²) in [5, 5.41) is 21.2. The van der Waals surface area contributed by atoms with E-state index in [1.54, 1.807) is 0 Å². The number of aliphatic hydroxyl groups excluding tert-OH is 1. The highest BCUT2D eigenvalue weighted by atomic mass is 16.3. The van der Waals surface area contributed by atoms with Crippen LogP contribution >= 0.6 is 0 Å². The Morgan fingerprint density at radius 1 is 1.21 bits per heavy atom. The summed E-state index contributed by atoms with van der Waals surface area (Å²) in [5.41, 5.74) is 1.72. The zero-order valence-corrected chi connectivity index (χ0v) is 12.1. The third-order valence-corrected chi connectivity index (χ3v) is 4.80. The van der Waals surface area contributed by atoms with Crippen molar-refractivity contribution in [3.63, 3.8) is 0 Å². The van der Waals surface area contributed by atoms with Crippen molar-refractivity contribution < 1.29 is 10.2 Å². The lowest BCUT2D eigenvalue weighted by atomic mass is 9.80. The van der Waals surface area contributed by atoms with E-state index in [1.165, 1.54) is 5.56 Å². The van der Waals surface area contributed by atoms with Crippen LogP contribution in [-0.4, -0.2) is 15.8 Å². The van der Waals surface area contributed by atoms with Crippen LogP contribution in [-0.2, 0) is 6.42 Å². The molecule has 0 spiro atoms. The minimum Gasteiger partial charge on any atom is -0.390 e. The lowest BCUT2D eigenvalue weighted by Gasteiger charge is -2.32. The molecule has 2 rings (SSSR count). The maximum Gasteiger partial charge on any atom is 0.0821 e. The summed E-state index contributed by atoms with van der Waals surface area (Å²) in [4.78, 5) is 0. The zero-order valence-electron chi connectivity index (χ0n) is 12.1. The molecule has 0 heterocycles. The molecule has 1 aromatic carbocycles. The summed E-state index contributed by atoms with van der Waals surface area (Å²) in [6.45, 7) is 4.06. The molecule has 1 aliphatic rings. The van der Waals surface area contributed by atoms with Gasteiger partial charge in [0.1, 0.15) is 0 Å². The van der Waals surface area contributed by atoms with E-state index < -0.39 is 11.7 Å². The SMILES string of the molecule is CCC(O)(CC)CC1CCCc2ccccc2C1O. The van der Waals surface area contributed by atoms with Crippen molar-refractivity contribution >= 4 is 0 Å². The minimum atomic E-state index is -0.620. The van der Waals surface area contributed by atoms with Crippen molar-refractivity contribution in [1.29, 1.82) is 0 Å². The molecule has 0 radical (unpaired) electrons. The Morgan fingerprint density at radius 2 is 1.89 bits per heavy atom. The lowest BCUT2D eigenvalue weighted by Crippen LogP contribution is -2.31. The molecule has 0 bridgehead atoms. The second kappa shape index (κ2) is 6.06. The number of aryl methyl sites for hydroxylation is 1. The number of rotatable bonds is 4. The average Bonchev–Trinajstić information content (AvgIpc) is 2.60. The van der Waals surface area contributed by atoms with Crippen LogP contribution in [0.3, 0.4) is 0 Å². The molecule has 2 nitrogen and oxygen atoms in total. The Labute approximate surface area is 116 Å². The van der Waals surface area contributed by atoms with Crippen LogP contribution < -0.4 is 0 Å². The summed E-state index contributed by atoms with van der Waals surface area (Å²) in [6, 6.07) is 8.19. The van der Waals surface area contributed by atoms with Crippen LogP contribution in [0, 0.1) is 5.92 Å². The molecule has 19 heavy (non-hydrogen) atoms. The monoisotopic (exact) mass is 262 g/mol. The van der Waals surface area contributed by atoms with E-state index in [0.717, 1.165) is 37.7 Å². The van der Waals surface area contributed by atoms with Crippen molar-refractivity contribution in [2.24, 2.45) is 5.92 Å². The van der Waals surface area contributed by atoms with Gasteiger partial charge in [0.05, 0.1) is 11.7 Å². The maximum atomic E-state index is 10.6. The standard InChI is InChI=1S/C17H26O2/c1-3-17(19,4-2)12-14-10-7-9-13-8-5-6-11-15(13)16(14)18/h5-6,8,11,14,16,18-19H,3-4,7,9-10,12H2,1-2H3. The molecule has 2 heteroatoms. The van der Waals surface area contributed by atoms with E-state index in [-0.39, 0.29) is 5.92 Å². The average molecular weight is 262 g/mol. The largest absolute Gasteiger partial charge is 0.390 e. The highest BCUT2D eigenvalue weighted by molar-refractivity contribution is 5.30. The van der Waals surface area contributed by atoms with Gasteiger partial charge in [-0.2, -0.15) is 0 Å². The van der Waals surface area contributed by atoms with Crippen molar-refractivity contribution in [1.82, 2.24) is 0 Å². The van der Waals surface area contributed by atoms with Crippen LogP contribution in [0.25, 0.3) is 0 Å². The molecule has 0 fully saturated rings. The molecule has 0 saturated heterocycles. The summed E-state index contributed by atoms with van der Waals surface area (Å²) < 4.78 is 0. The first-order valence-corrected chi connectivity index (χ1v) is 7.58. The Bertz CT molecular complexity index is 409. The summed E-state index contributed by atoms with van der Waals surface area (Å²) in [5.74, 6) is 0.175. The lowest BCUT2D eigenvalue weighted by molar-refractivity contribution is -0.0204. The second-order valence-corrected chi connectivity index (χ2v) is 5.93. The van der Waals surface area contributed by atoms with E-state index >= 15 is 0 Å². The first-order valence-electron chi connectivity index (χ1n) is 7.58. The van der Waals surface area contributed by atoms with Crippen LogP contribution in [0.2, 0.25) is 0 Å². The normalized spacial score (nSPS) is 23.8. The molecule has 2 atom stereocenters. The molecule has 106 valence electrons. The first kappa shape index (κ1) is 14.5. The van der Waals surface area contributed by atoms with E-state index in [4.69, 9.17) is 0 Å². The third kappa shape index (κ3) is 3.18. The van der Waals surface area contributed by atoms with Gasteiger partial charge in [0, 0.05) is 0 Å². The van der Waals surface area contributed by atoms with Gasteiger partial charge in [-0.1, -0.05) is 38.1 Å². The molecule has 0 aliphatic heterocycles. The molecular weight excluding hydrogens is 236 g/mol. The Morgan fingerprint density at radius 3 is 2.58 bits per heavy atom. The number of hydrogen-bond acceptors (Lipinski definition) is 2. The van der Waals surface area contributed by atoms with Crippen LogP contribution in [0.1, 0.15) is 63.2 Å². The molecule has 0 amide bonds. The number of aliphatic hydroxyl groups is 2. The molecule has 1 aliphatic carbocycles. The predicted octanol–water partition coefficient (Wildman–Crippen LogP) is 3.61. The second-order valence-electron chi connectivity index (χ2n) is 5.93. The van der Waals surface area contributed by atoms with Crippen LogP contribution in [0.15, 0.2) is 24.3 Å². The number of hydrogen-bond donors (Lipinski definition) is 2. The molecule has 0 aromatic heterocycles. The van der Waals surface area contributed by atoms with Crippen molar-refractivity contribution in [2.45, 2.75) is 64.1 Å². The summed E-state index contributed by atoms with van der Waals surface area (Å²) >= 11 is 0. The Kier molecular flexibility index (Phi) is 4.64. The van der Waals surface area contributed by atoms with Crippen LogP contribution in [0.4, 0.5) is 0 Å². The van der Waals surface area contributed by atoms with Crippen LogP contribution in [0.5, 0.6) is 0 Å². The van der Waals surface area contributed by atoms with E-state index in [9.17, 15) is 10.2 Å². The predicted molar refractivity (Wildman–Crippen MR) is 78.0 cm³/mol. The van der Waals surface area contributed by atoms with Gasteiger partial charge in [0.15, 0.2) is 0 Å². The molecule has 2 unspecified atom stereocenters. The van der Waals surface area contributed by atoms with E-state index in [0.29, 0.717) is 6.42 Å². The van der Waals surface area contributed by atoms with Gasteiger partial charge in [-0.15, -0.1) is 0 Å². The fourth-order valence-corrected chi connectivity index (χ4v) is 3.26. The van der Waals surface area contributed by atoms with E-state index in [1.807, 2.05) is 32.0 Å². The van der Waals surface area contributed by atoms with E-state index in [2.05, 4.69) is 6.07 Å². The topological polar surface area (TPSA) is 40.5 Å². The third-order valence-electron chi connectivity index (χ3n) is 4.80. The highest BCUT2D eigenvalue weighted by Gasteiger charge is 2.33. The van der Waals surface area contributed by atoms with Gasteiger partial charge in [-0.05, 0) is 55.6 Å². The van der Waals surface area contributed by atoms with Gasteiger partial charge in [0.25, 0.3) is 0 Å². The highest BCUT2D eigenvalue weighted by Crippen LogP contribution is 2.38. The van der Waals surface area contributed by atoms with Crippen molar-refractivity contribution in [3.8, 4) is 0 Å². The van der Waals surface area contributed by atoms with Gasteiger partial charge in [-0.3, -0.25) is 0 Å². The maximum absolute atomic E-state index is 10.6. The zero-order chi connectivity index (χ0) is 13.9. The van der Waals surface area contributed by atoms with Crippen molar-refractivity contribution in [2.75, 3.05) is 0 Å². The summed E-state index contributed by atoms with van der Waals surface area (Å²) in [6.07, 6.45) is 4.93. The van der Waals surface area contributed by atoms with Gasteiger partial charge >= 0.3 is 0 Å². The molecule has 2 N–H and O–H groups in total. The van der Waals surface area contributed by atoms with Gasteiger partial charge in [0.2, 0.25) is 0 Å². The molecule has 0 saturated carbocycles. The van der Waals surface area contributed by atoms with Gasteiger partial charge < -0.3 is 10.2 Å². The first-order chi connectivity index (χ1) is 9.09. The Balaban J connectivity index is 2.20. The minimum absolute atomic E-state index is 0.175.